The van der Waals surface area contributed by atoms with Gasteiger partial charge in [-0.3, -0.25) is 5.43 Å². The Kier molecular flexibility index (Phi) is 4.13. The van der Waals surface area contributed by atoms with E-state index in [0.717, 1.165) is 10.2 Å². The van der Waals surface area contributed by atoms with Crippen molar-refractivity contribution in [2.75, 3.05) is 17.3 Å². The number of carbonyl (C=O) groups excluding carboxylic acids is 1. The minimum Gasteiger partial charge on any atom is -0.464 e. The van der Waals surface area contributed by atoms with Crippen LogP contribution in [0, 0.1) is 0 Å². The Labute approximate surface area is 114 Å². The van der Waals surface area contributed by atoms with Gasteiger partial charge in [0.1, 0.15) is 16.7 Å². The number of hydrazine groups is 1. The number of nitrogens with one attached hydrogen (secondary N) is 2. The van der Waals surface area contributed by atoms with Crippen LogP contribution in [-0.2, 0) is 9.53 Å². The molecule has 102 valence electrons. The fraction of sp³-hybridized carbons (Fsp3) is 0.364. The van der Waals surface area contributed by atoms with Gasteiger partial charge in [-0.05, 0) is 25.3 Å². The number of esters is 1. The largest absolute Gasteiger partial charge is 0.464 e. The van der Waals surface area contributed by atoms with Gasteiger partial charge in [-0.1, -0.05) is 0 Å². The molecule has 0 bridgehead atoms. The molecule has 7 nitrogen and oxygen atoms in total. The number of nitrogens with two attached hydrogens (primary N) is 1. The molecule has 0 saturated heterocycles. The summed E-state index contributed by atoms with van der Waals surface area (Å²) in [7, 11) is 0. The highest BCUT2D eigenvalue weighted by molar-refractivity contribution is 7.16. The normalized spacial score (nSPS) is 12.2. The van der Waals surface area contributed by atoms with Crippen LogP contribution in [0.25, 0.3) is 10.2 Å². The number of hydrogen-bond donors (Lipinski definition) is 3. The van der Waals surface area contributed by atoms with Gasteiger partial charge in [0, 0.05) is 0 Å². The lowest BCUT2D eigenvalue weighted by Crippen LogP contribution is -2.28. The molecule has 0 spiro atoms. The predicted molar refractivity (Wildman–Crippen MR) is 74.9 cm³/mol. The van der Waals surface area contributed by atoms with Gasteiger partial charge >= 0.3 is 5.97 Å². The second kappa shape index (κ2) is 5.81. The van der Waals surface area contributed by atoms with Crippen molar-refractivity contribution in [2.45, 2.75) is 19.9 Å². The molecule has 0 aromatic carbocycles. The Hall–Kier alpha value is -1.93. The smallest absolute Gasteiger partial charge is 0.328 e. The molecule has 0 aliphatic rings. The van der Waals surface area contributed by atoms with E-state index >= 15 is 0 Å². The maximum Gasteiger partial charge on any atom is 0.328 e. The van der Waals surface area contributed by atoms with Crippen molar-refractivity contribution in [1.29, 1.82) is 0 Å². The van der Waals surface area contributed by atoms with Gasteiger partial charge in [0.2, 0.25) is 5.95 Å². The van der Waals surface area contributed by atoms with Crippen LogP contribution in [0.4, 0.5) is 11.8 Å². The van der Waals surface area contributed by atoms with Gasteiger partial charge < -0.3 is 10.1 Å². The average molecular weight is 281 g/mol. The van der Waals surface area contributed by atoms with E-state index < -0.39 is 6.04 Å². The fourth-order valence-electron chi connectivity index (χ4n) is 1.56. The predicted octanol–water partition coefficient (Wildman–Crippen LogP) is 1.34. The topological polar surface area (TPSA) is 102 Å². The molecule has 0 aliphatic heterocycles. The Morgan fingerprint density at radius 1 is 1.58 bits per heavy atom. The standard InChI is InChI=1S/C11H15N5O2S/c1-3-18-10(17)6(2)13-8-7-4-5-19-9(7)15-11(14-8)16-12/h4-6H,3,12H2,1-2H3,(H2,13,14,15,16). The van der Waals surface area contributed by atoms with Gasteiger partial charge in [0.25, 0.3) is 0 Å². The highest BCUT2D eigenvalue weighted by Crippen LogP contribution is 2.26. The number of anilines is 2. The van der Waals surface area contributed by atoms with Crippen molar-refractivity contribution in [2.24, 2.45) is 5.84 Å². The summed E-state index contributed by atoms with van der Waals surface area (Å²) < 4.78 is 4.94. The molecular formula is C11H15N5O2S. The highest BCUT2D eigenvalue weighted by atomic mass is 32.1. The van der Waals surface area contributed by atoms with E-state index in [1.165, 1.54) is 11.3 Å². The first-order chi connectivity index (χ1) is 9.15. The SMILES string of the molecule is CCOC(=O)C(C)Nc1nc(NN)nc2sccc12. The number of carbonyl (C=O) groups is 1. The first-order valence-corrected chi connectivity index (χ1v) is 6.68. The minimum atomic E-state index is -0.497. The quantitative estimate of drug-likeness (QED) is 0.432. The molecule has 0 fully saturated rings. The number of nitrogens with zero attached hydrogens (tertiary/aromatic N) is 2. The van der Waals surface area contributed by atoms with Crippen LogP contribution < -0.4 is 16.6 Å². The van der Waals surface area contributed by atoms with E-state index in [1.807, 2.05) is 11.4 Å². The number of rotatable bonds is 5. The fourth-order valence-corrected chi connectivity index (χ4v) is 2.33. The van der Waals surface area contributed by atoms with Gasteiger partial charge in [0.05, 0.1) is 12.0 Å². The zero-order chi connectivity index (χ0) is 13.8. The van der Waals surface area contributed by atoms with E-state index in [0.29, 0.717) is 18.4 Å². The zero-order valence-corrected chi connectivity index (χ0v) is 11.5. The summed E-state index contributed by atoms with van der Waals surface area (Å²) in [6.45, 7) is 3.83. The highest BCUT2D eigenvalue weighted by Gasteiger charge is 2.17. The number of hydrogen-bond acceptors (Lipinski definition) is 8. The summed E-state index contributed by atoms with van der Waals surface area (Å²) in [6.07, 6.45) is 0. The average Bonchev–Trinajstić information content (AvgIpc) is 2.87. The van der Waals surface area contributed by atoms with E-state index in [1.54, 1.807) is 13.8 Å². The second-order valence-corrected chi connectivity index (χ2v) is 4.69. The lowest BCUT2D eigenvalue weighted by molar-refractivity contribution is -0.143. The van der Waals surface area contributed by atoms with Gasteiger partial charge in [-0.25, -0.2) is 15.6 Å². The van der Waals surface area contributed by atoms with Gasteiger partial charge in [-0.15, -0.1) is 11.3 Å². The minimum absolute atomic E-state index is 0.300. The van der Waals surface area contributed by atoms with Crippen molar-refractivity contribution in [3.63, 3.8) is 0 Å². The Bertz CT molecular complexity index is 585. The summed E-state index contributed by atoms with van der Waals surface area (Å²) in [4.78, 5) is 20.8. The molecule has 19 heavy (non-hydrogen) atoms. The van der Waals surface area contributed by atoms with Crippen molar-refractivity contribution >= 4 is 39.3 Å². The Morgan fingerprint density at radius 2 is 2.37 bits per heavy atom. The molecule has 0 radical (unpaired) electrons. The van der Waals surface area contributed by atoms with Crippen LogP contribution in [0.15, 0.2) is 11.4 Å². The maximum absolute atomic E-state index is 11.6. The molecule has 2 aromatic rings. The van der Waals surface area contributed by atoms with Crippen LogP contribution in [0.3, 0.4) is 0 Å². The first kappa shape index (κ1) is 13.5. The van der Waals surface area contributed by atoms with Crippen LogP contribution in [0.5, 0.6) is 0 Å². The number of nitrogen functional groups attached to an aromatic ring is 1. The van der Waals surface area contributed by atoms with E-state index in [-0.39, 0.29) is 5.97 Å². The summed E-state index contributed by atoms with van der Waals surface area (Å²) in [5.74, 6) is 5.85. The molecule has 2 rings (SSSR count). The molecule has 2 heterocycles. The van der Waals surface area contributed by atoms with Crippen LogP contribution in [0.2, 0.25) is 0 Å². The lowest BCUT2D eigenvalue weighted by Gasteiger charge is -2.14. The third kappa shape index (κ3) is 2.91. The zero-order valence-electron chi connectivity index (χ0n) is 10.6. The summed E-state index contributed by atoms with van der Waals surface area (Å²) in [5, 5.41) is 5.77. The van der Waals surface area contributed by atoms with E-state index in [4.69, 9.17) is 10.6 Å². The number of aromatic nitrogens is 2. The maximum atomic E-state index is 11.6. The van der Waals surface area contributed by atoms with E-state index in [9.17, 15) is 4.79 Å². The number of thiophene rings is 1. The molecule has 0 aliphatic carbocycles. The number of ether oxygens (including phenoxy) is 1. The van der Waals surface area contributed by atoms with Crippen molar-refractivity contribution in [1.82, 2.24) is 9.97 Å². The summed E-state index contributed by atoms with van der Waals surface area (Å²) in [6, 6.07) is 1.39. The first-order valence-electron chi connectivity index (χ1n) is 5.80. The molecule has 0 amide bonds. The van der Waals surface area contributed by atoms with Gasteiger partial charge in [0.15, 0.2) is 0 Å². The lowest BCUT2D eigenvalue weighted by atomic mass is 10.3. The van der Waals surface area contributed by atoms with Crippen molar-refractivity contribution in [3.8, 4) is 0 Å². The summed E-state index contributed by atoms with van der Waals surface area (Å²) in [5.41, 5.74) is 2.41. The van der Waals surface area contributed by atoms with Crippen LogP contribution in [0.1, 0.15) is 13.8 Å². The van der Waals surface area contributed by atoms with Crippen molar-refractivity contribution < 1.29 is 9.53 Å². The number of fused-ring (bicyclic) bond motifs is 1. The molecular weight excluding hydrogens is 266 g/mol. The molecule has 2 aromatic heterocycles. The van der Waals surface area contributed by atoms with Crippen LogP contribution >= 0.6 is 11.3 Å². The second-order valence-electron chi connectivity index (χ2n) is 3.80. The third-order valence-electron chi connectivity index (χ3n) is 2.45. The molecule has 4 N–H and O–H groups in total. The van der Waals surface area contributed by atoms with E-state index in [2.05, 4.69) is 20.7 Å². The van der Waals surface area contributed by atoms with Crippen LogP contribution in [-0.4, -0.2) is 28.6 Å². The molecule has 0 saturated carbocycles. The molecule has 1 atom stereocenters. The van der Waals surface area contributed by atoms with Gasteiger partial charge in [-0.2, -0.15) is 4.98 Å². The molecule has 1 unspecified atom stereocenters. The Balaban J connectivity index is 2.28. The van der Waals surface area contributed by atoms with Crippen molar-refractivity contribution in [3.05, 3.63) is 11.4 Å². The summed E-state index contributed by atoms with van der Waals surface area (Å²) >= 11 is 1.47. The molecule has 8 heteroatoms. The third-order valence-corrected chi connectivity index (χ3v) is 3.25. The Morgan fingerprint density at radius 3 is 3.05 bits per heavy atom. The monoisotopic (exact) mass is 281 g/mol.